The zero-order valence-corrected chi connectivity index (χ0v) is 14.3. The molecule has 1 saturated heterocycles. The average Bonchev–Trinajstić information content (AvgIpc) is 3.09. The van der Waals surface area contributed by atoms with Crippen molar-refractivity contribution in [2.24, 2.45) is 0 Å². The van der Waals surface area contributed by atoms with Gasteiger partial charge in [-0.05, 0) is 24.3 Å². The maximum atomic E-state index is 13.4. The van der Waals surface area contributed by atoms with E-state index in [2.05, 4.69) is 0 Å². The number of hydrogen-bond acceptors (Lipinski definition) is 4. The normalized spacial score (nSPS) is 17.0. The minimum Gasteiger partial charge on any atom is -0.493 e. The summed E-state index contributed by atoms with van der Waals surface area (Å²) >= 11 is 1.66. The van der Waals surface area contributed by atoms with Gasteiger partial charge in [0.2, 0.25) is 0 Å². The Labute approximate surface area is 144 Å². The smallest absolute Gasteiger partial charge is 0.255 e. The number of thioether (sulfide) groups is 1. The number of carbonyl (C=O) groups excluding carboxylic acids is 1. The van der Waals surface area contributed by atoms with E-state index in [9.17, 15) is 9.18 Å². The molecule has 6 heteroatoms. The van der Waals surface area contributed by atoms with Crippen LogP contribution >= 0.6 is 11.8 Å². The highest BCUT2D eigenvalue weighted by molar-refractivity contribution is 7.99. The first-order valence-electron chi connectivity index (χ1n) is 7.54. The number of carbonyl (C=O) groups is 1. The lowest BCUT2D eigenvalue weighted by molar-refractivity contribution is 0.0758. The number of amides is 1. The summed E-state index contributed by atoms with van der Waals surface area (Å²) in [5, 5.41) is -0.189. The Bertz CT molecular complexity index is 753. The molecule has 1 aliphatic rings. The summed E-state index contributed by atoms with van der Waals surface area (Å²) in [4.78, 5) is 14.6. The molecule has 0 radical (unpaired) electrons. The van der Waals surface area contributed by atoms with Gasteiger partial charge in [-0.3, -0.25) is 4.79 Å². The van der Waals surface area contributed by atoms with Gasteiger partial charge in [0.05, 0.1) is 14.2 Å². The van der Waals surface area contributed by atoms with E-state index in [1.165, 1.54) is 12.1 Å². The minimum atomic E-state index is -0.414. The molecule has 24 heavy (non-hydrogen) atoms. The number of methoxy groups -OCH3 is 2. The van der Waals surface area contributed by atoms with E-state index < -0.39 is 5.82 Å². The molecule has 1 atom stereocenters. The molecule has 0 N–H and O–H groups in total. The van der Waals surface area contributed by atoms with Crippen molar-refractivity contribution in [3.63, 3.8) is 0 Å². The van der Waals surface area contributed by atoms with Crippen molar-refractivity contribution >= 4 is 17.7 Å². The molecule has 1 amide bonds. The number of nitrogens with zero attached hydrogens (tertiary/aromatic N) is 1. The number of para-hydroxylation sites is 1. The summed E-state index contributed by atoms with van der Waals surface area (Å²) in [6.07, 6.45) is 0. The fourth-order valence-electron chi connectivity index (χ4n) is 2.83. The summed E-state index contributed by atoms with van der Waals surface area (Å²) in [6.45, 7) is 0.602. The molecule has 2 aromatic rings. The van der Waals surface area contributed by atoms with Crippen LogP contribution in [0, 0.1) is 5.82 Å². The van der Waals surface area contributed by atoms with E-state index in [0.29, 0.717) is 23.6 Å². The summed E-state index contributed by atoms with van der Waals surface area (Å²) in [5.41, 5.74) is 1.23. The predicted molar refractivity (Wildman–Crippen MR) is 92.2 cm³/mol. The third kappa shape index (κ3) is 3.06. The van der Waals surface area contributed by atoms with Crippen LogP contribution in [-0.2, 0) is 0 Å². The van der Waals surface area contributed by atoms with E-state index in [1.807, 2.05) is 18.2 Å². The molecule has 3 rings (SSSR count). The molecular formula is C18H18FNO3S. The Hall–Kier alpha value is -2.21. The maximum Gasteiger partial charge on any atom is 0.255 e. The third-order valence-electron chi connectivity index (χ3n) is 3.92. The molecule has 0 saturated carbocycles. The molecule has 1 heterocycles. The first kappa shape index (κ1) is 16.6. The standard InChI is InChI=1S/C18H18FNO3S/c1-22-15-8-4-7-14(16(15)23-2)18-20(9-10-24-18)17(21)12-5-3-6-13(19)11-12/h3-8,11,18H,9-10H2,1-2H3. The Balaban J connectivity index is 1.95. The summed E-state index contributed by atoms with van der Waals surface area (Å²) in [5.74, 6) is 1.46. The molecule has 0 bridgehead atoms. The van der Waals surface area contributed by atoms with Crippen LogP contribution in [0.4, 0.5) is 4.39 Å². The van der Waals surface area contributed by atoms with Gasteiger partial charge in [0, 0.05) is 23.4 Å². The maximum absolute atomic E-state index is 13.4. The Morgan fingerprint density at radius 1 is 1.21 bits per heavy atom. The molecule has 126 valence electrons. The number of rotatable bonds is 4. The van der Waals surface area contributed by atoms with Gasteiger partial charge in [0.15, 0.2) is 11.5 Å². The van der Waals surface area contributed by atoms with Crippen molar-refractivity contribution < 1.29 is 18.7 Å². The van der Waals surface area contributed by atoms with Gasteiger partial charge in [0.25, 0.3) is 5.91 Å². The van der Waals surface area contributed by atoms with Crippen molar-refractivity contribution in [3.05, 3.63) is 59.4 Å². The van der Waals surface area contributed by atoms with Crippen molar-refractivity contribution in [1.82, 2.24) is 4.90 Å². The first-order valence-corrected chi connectivity index (χ1v) is 8.59. The minimum absolute atomic E-state index is 0.186. The van der Waals surface area contributed by atoms with Gasteiger partial charge in [-0.2, -0.15) is 0 Å². The fraction of sp³-hybridized carbons (Fsp3) is 0.278. The molecule has 2 aromatic carbocycles. The van der Waals surface area contributed by atoms with Crippen molar-refractivity contribution in [3.8, 4) is 11.5 Å². The van der Waals surface area contributed by atoms with Gasteiger partial charge < -0.3 is 14.4 Å². The monoisotopic (exact) mass is 347 g/mol. The first-order chi connectivity index (χ1) is 11.7. The molecular weight excluding hydrogens is 329 g/mol. The second-order valence-electron chi connectivity index (χ2n) is 5.31. The van der Waals surface area contributed by atoms with Gasteiger partial charge >= 0.3 is 0 Å². The van der Waals surface area contributed by atoms with E-state index in [-0.39, 0.29) is 11.3 Å². The van der Waals surface area contributed by atoms with E-state index >= 15 is 0 Å². The van der Waals surface area contributed by atoms with Crippen LogP contribution in [0.25, 0.3) is 0 Å². The average molecular weight is 347 g/mol. The molecule has 0 spiro atoms. The zero-order valence-electron chi connectivity index (χ0n) is 13.5. The van der Waals surface area contributed by atoms with E-state index in [0.717, 1.165) is 11.3 Å². The van der Waals surface area contributed by atoms with Crippen LogP contribution in [0.15, 0.2) is 42.5 Å². The molecule has 0 aromatic heterocycles. The van der Waals surface area contributed by atoms with Crippen LogP contribution in [0.1, 0.15) is 21.3 Å². The van der Waals surface area contributed by atoms with Crippen molar-refractivity contribution in [1.29, 1.82) is 0 Å². The van der Waals surface area contributed by atoms with Gasteiger partial charge in [-0.15, -0.1) is 11.8 Å². The Morgan fingerprint density at radius 3 is 2.71 bits per heavy atom. The third-order valence-corrected chi connectivity index (χ3v) is 5.17. The van der Waals surface area contributed by atoms with Crippen molar-refractivity contribution in [2.45, 2.75) is 5.37 Å². The lowest BCUT2D eigenvalue weighted by Gasteiger charge is -2.26. The summed E-state index contributed by atoms with van der Waals surface area (Å²) in [7, 11) is 3.17. The topological polar surface area (TPSA) is 38.8 Å². The lowest BCUT2D eigenvalue weighted by Crippen LogP contribution is -2.30. The number of halogens is 1. The van der Waals surface area contributed by atoms with Crippen LogP contribution in [-0.4, -0.2) is 37.3 Å². The highest BCUT2D eigenvalue weighted by Crippen LogP contribution is 2.45. The fourth-order valence-corrected chi connectivity index (χ4v) is 4.10. The van der Waals surface area contributed by atoms with Crippen molar-refractivity contribution in [2.75, 3.05) is 26.5 Å². The molecule has 1 fully saturated rings. The van der Waals surface area contributed by atoms with Crippen LogP contribution < -0.4 is 9.47 Å². The molecule has 4 nitrogen and oxygen atoms in total. The summed E-state index contributed by atoms with van der Waals surface area (Å²) in [6, 6.07) is 11.4. The van der Waals surface area contributed by atoms with Gasteiger partial charge in [0.1, 0.15) is 11.2 Å². The van der Waals surface area contributed by atoms with Gasteiger partial charge in [-0.25, -0.2) is 4.39 Å². The van der Waals surface area contributed by atoms with E-state index in [1.54, 1.807) is 43.0 Å². The molecule has 0 aliphatic carbocycles. The van der Waals surface area contributed by atoms with Crippen LogP contribution in [0.3, 0.4) is 0 Å². The number of benzene rings is 2. The zero-order chi connectivity index (χ0) is 17.1. The Morgan fingerprint density at radius 2 is 2.00 bits per heavy atom. The number of ether oxygens (including phenoxy) is 2. The van der Waals surface area contributed by atoms with Gasteiger partial charge in [-0.1, -0.05) is 18.2 Å². The molecule has 1 aliphatic heterocycles. The number of hydrogen-bond donors (Lipinski definition) is 0. The van der Waals surface area contributed by atoms with Crippen LogP contribution in [0.5, 0.6) is 11.5 Å². The highest BCUT2D eigenvalue weighted by atomic mass is 32.2. The quantitative estimate of drug-likeness (QED) is 0.845. The SMILES string of the molecule is COc1cccc(C2SCCN2C(=O)c2cccc(F)c2)c1OC. The Kier molecular flexibility index (Phi) is 4.94. The lowest BCUT2D eigenvalue weighted by atomic mass is 10.1. The summed E-state index contributed by atoms with van der Waals surface area (Å²) < 4.78 is 24.3. The predicted octanol–water partition coefficient (Wildman–Crippen LogP) is 3.73. The second-order valence-corrected chi connectivity index (χ2v) is 6.50. The van der Waals surface area contributed by atoms with Crippen LogP contribution in [0.2, 0.25) is 0 Å². The molecule has 1 unspecified atom stereocenters. The van der Waals surface area contributed by atoms with E-state index in [4.69, 9.17) is 9.47 Å². The second kappa shape index (κ2) is 7.13. The highest BCUT2D eigenvalue weighted by Gasteiger charge is 2.34. The largest absolute Gasteiger partial charge is 0.493 e.